The summed E-state index contributed by atoms with van der Waals surface area (Å²) in [6.45, 7) is 3.66. The molecule has 0 spiro atoms. The molecule has 1 amide bonds. The van der Waals surface area contributed by atoms with Crippen LogP contribution < -0.4 is 5.32 Å². The van der Waals surface area contributed by atoms with Gasteiger partial charge in [-0.15, -0.1) is 0 Å². The Morgan fingerprint density at radius 3 is 2.64 bits per heavy atom. The van der Waals surface area contributed by atoms with E-state index in [1.807, 2.05) is 12.3 Å². The average Bonchev–Trinajstić information content (AvgIpc) is 2.99. The van der Waals surface area contributed by atoms with Crippen LogP contribution in [0, 0.1) is 5.92 Å². The van der Waals surface area contributed by atoms with E-state index >= 15 is 0 Å². The number of likely N-dealkylation sites (tertiary alicyclic amines) is 1. The van der Waals surface area contributed by atoms with E-state index in [2.05, 4.69) is 54.2 Å². The predicted octanol–water partition coefficient (Wildman–Crippen LogP) is 6.17. The number of piperidine rings is 2. The molecule has 1 aromatic carbocycles. The van der Waals surface area contributed by atoms with Gasteiger partial charge in [-0.2, -0.15) is 0 Å². The van der Waals surface area contributed by atoms with Gasteiger partial charge in [0.1, 0.15) is 0 Å². The van der Waals surface area contributed by atoms with Crippen molar-refractivity contribution in [2.75, 3.05) is 26.2 Å². The Kier molecular flexibility index (Phi) is 7.26. The number of nitrogens with zero attached hydrogens (tertiary/aromatic N) is 2. The van der Waals surface area contributed by atoms with E-state index in [9.17, 15) is 4.79 Å². The number of benzene rings is 1. The summed E-state index contributed by atoms with van der Waals surface area (Å²) in [7, 11) is 0. The number of aryl methyl sites for hydroxylation is 1. The molecule has 5 rings (SSSR count). The fraction of sp³-hybridized carbons (Fsp3) is 0.462. The van der Waals surface area contributed by atoms with Gasteiger partial charge < -0.3 is 10.2 Å². The van der Waals surface area contributed by atoms with E-state index in [-0.39, 0.29) is 0 Å². The van der Waals surface area contributed by atoms with Crippen molar-refractivity contribution in [2.24, 2.45) is 5.92 Å². The van der Waals surface area contributed by atoms with Crippen LogP contribution >= 0.6 is 43.5 Å². The summed E-state index contributed by atoms with van der Waals surface area (Å²) in [5.41, 5.74) is 7.46. The number of hydrogen-bond acceptors (Lipinski definition) is 3. The lowest BCUT2D eigenvalue weighted by atomic mass is 9.88. The first-order chi connectivity index (χ1) is 16.0. The standard InChI is InChI=1S/C26H28Br2ClN3O/c27-19-14-18-1-2-21-20(3-4-22(29)25(21)28)24(26(18)31-15-19)17-7-11-32(12-8-17)23(33)13-16-5-9-30-10-6-16/h3-4,14-16,30H,1-2,5-13H2. The van der Waals surface area contributed by atoms with E-state index in [1.165, 1.54) is 27.8 Å². The third-order valence-corrected chi connectivity index (χ3v) is 9.16. The van der Waals surface area contributed by atoms with Crippen molar-refractivity contribution < 1.29 is 4.79 Å². The molecule has 2 saturated heterocycles. The molecule has 2 aliphatic heterocycles. The summed E-state index contributed by atoms with van der Waals surface area (Å²) in [5, 5.41) is 4.14. The van der Waals surface area contributed by atoms with Gasteiger partial charge in [0.25, 0.3) is 0 Å². The van der Waals surface area contributed by atoms with Gasteiger partial charge in [0.05, 0.1) is 10.7 Å². The largest absolute Gasteiger partial charge is 0.342 e. The average molecular weight is 594 g/mol. The van der Waals surface area contributed by atoms with Crippen LogP contribution in [0.1, 0.15) is 54.5 Å². The molecule has 2 fully saturated rings. The molecule has 0 unspecified atom stereocenters. The second-order valence-electron chi connectivity index (χ2n) is 9.31. The van der Waals surface area contributed by atoms with Crippen LogP contribution in [0.4, 0.5) is 0 Å². The SMILES string of the molecule is O=C(CC1CCNCC1)N1CCC(=C2c3ccc(Cl)c(Br)c3CCc3cc(Br)cnc32)CC1. The van der Waals surface area contributed by atoms with Gasteiger partial charge in [-0.05, 0) is 118 Å². The molecular formula is C26H28Br2ClN3O. The molecule has 1 aliphatic carbocycles. The van der Waals surface area contributed by atoms with Crippen molar-refractivity contribution in [2.45, 2.75) is 44.9 Å². The van der Waals surface area contributed by atoms with Crippen LogP contribution in [-0.4, -0.2) is 42.0 Å². The third-order valence-electron chi connectivity index (χ3n) is 7.28. The maximum Gasteiger partial charge on any atom is 0.222 e. The molecule has 174 valence electrons. The van der Waals surface area contributed by atoms with Crippen molar-refractivity contribution >= 4 is 54.9 Å². The molecule has 0 radical (unpaired) electrons. The first-order valence-electron chi connectivity index (χ1n) is 11.8. The number of aromatic nitrogens is 1. The van der Waals surface area contributed by atoms with Crippen LogP contribution in [0.15, 0.2) is 38.9 Å². The van der Waals surface area contributed by atoms with Crippen molar-refractivity contribution in [3.8, 4) is 0 Å². The highest BCUT2D eigenvalue weighted by Gasteiger charge is 2.29. The Morgan fingerprint density at radius 2 is 1.88 bits per heavy atom. The quantitative estimate of drug-likeness (QED) is 0.453. The Morgan fingerprint density at radius 1 is 1.12 bits per heavy atom. The van der Waals surface area contributed by atoms with Gasteiger partial charge in [0.2, 0.25) is 5.91 Å². The van der Waals surface area contributed by atoms with Crippen molar-refractivity contribution in [3.63, 3.8) is 0 Å². The van der Waals surface area contributed by atoms with Crippen LogP contribution in [0.5, 0.6) is 0 Å². The van der Waals surface area contributed by atoms with Crippen molar-refractivity contribution in [3.05, 3.63) is 66.3 Å². The molecule has 0 bridgehead atoms. The second kappa shape index (κ2) is 10.2. The number of hydrogen-bond donors (Lipinski definition) is 1. The maximum absolute atomic E-state index is 13.0. The van der Waals surface area contributed by atoms with Gasteiger partial charge in [-0.1, -0.05) is 23.2 Å². The highest BCUT2D eigenvalue weighted by molar-refractivity contribution is 9.10. The monoisotopic (exact) mass is 591 g/mol. The molecule has 1 N–H and O–H groups in total. The molecule has 33 heavy (non-hydrogen) atoms. The first kappa shape index (κ1) is 23.5. The molecule has 4 nitrogen and oxygen atoms in total. The molecule has 1 aromatic heterocycles. The van der Waals surface area contributed by atoms with E-state index < -0.39 is 0 Å². The van der Waals surface area contributed by atoms with Crippen LogP contribution in [0.2, 0.25) is 5.02 Å². The molecule has 7 heteroatoms. The fourth-order valence-electron chi connectivity index (χ4n) is 5.45. The van der Waals surface area contributed by atoms with Gasteiger partial charge in [-0.3, -0.25) is 9.78 Å². The first-order valence-corrected chi connectivity index (χ1v) is 13.8. The molecule has 3 aliphatic rings. The van der Waals surface area contributed by atoms with E-state index in [4.69, 9.17) is 16.6 Å². The van der Waals surface area contributed by atoms with E-state index in [1.54, 1.807) is 0 Å². The number of amides is 1. The number of nitrogens with one attached hydrogen (secondary N) is 1. The summed E-state index contributed by atoms with van der Waals surface area (Å²) in [5.74, 6) is 0.855. The zero-order valence-electron chi connectivity index (χ0n) is 18.6. The lowest BCUT2D eigenvalue weighted by Crippen LogP contribution is -2.39. The number of halogens is 3. The summed E-state index contributed by atoms with van der Waals surface area (Å²) in [4.78, 5) is 19.9. The van der Waals surface area contributed by atoms with Crippen molar-refractivity contribution in [1.29, 1.82) is 0 Å². The fourth-order valence-corrected chi connectivity index (χ4v) is 6.55. The maximum atomic E-state index is 13.0. The summed E-state index contributed by atoms with van der Waals surface area (Å²) < 4.78 is 1.99. The minimum Gasteiger partial charge on any atom is -0.342 e. The Hall–Kier alpha value is -1.21. The number of fused-ring (bicyclic) bond motifs is 2. The lowest BCUT2D eigenvalue weighted by molar-refractivity contribution is -0.132. The second-order valence-corrected chi connectivity index (χ2v) is 11.4. The predicted molar refractivity (Wildman–Crippen MR) is 141 cm³/mol. The van der Waals surface area contributed by atoms with Gasteiger partial charge >= 0.3 is 0 Å². The highest BCUT2D eigenvalue weighted by atomic mass is 79.9. The summed E-state index contributed by atoms with van der Waals surface area (Å²) in [6, 6.07) is 6.33. The zero-order valence-corrected chi connectivity index (χ0v) is 22.5. The van der Waals surface area contributed by atoms with Gasteiger partial charge in [0, 0.05) is 40.2 Å². The Balaban J connectivity index is 1.45. The summed E-state index contributed by atoms with van der Waals surface area (Å²) >= 11 is 13.8. The molecular weight excluding hydrogens is 566 g/mol. The van der Waals surface area contributed by atoms with Gasteiger partial charge in [0.15, 0.2) is 0 Å². The Labute approximate surface area is 217 Å². The van der Waals surface area contributed by atoms with E-state index in [0.717, 1.165) is 84.4 Å². The molecule has 0 saturated carbocycles. The minimum atomic E-state index is 0.323. The number of rotatable bonds is 2. The number of carbonyl (C=O) groups is 1. The number of carbonyl (C=O) groups excluding carboxylic acids is 1. The highest BCUT2D eigenvalue weighted by Crippen LogP contribution is 2.42. The van der Waals surface area contributed by atoms with E-state index in [0.29, 0.717) is 18.2 Å². The molecule has 2 aromatic rings. The normalized spacial score (nSPS) is 19.2. The smallest absolute Gasteiger partial charge is 0.222 e. The topological polar surface area (TPSA) is 45.2 Å². The Bertz CT molecular complexity index is 1100. The van der Waals surface area contributed by atoms with Gasteiger partial charge in [-0.25, -0.2) is 0 Å². The zero-order chi connectivity index (χ0) is 22.9. The van der Waals surface area contributed by atoms with Crippen LogP contribution in [0.25, 0.3) is 5.57 Å². The third kappa shape index (κ3) is 4.95. The lowest BCUT2D eigenvalue weighted by Gasteiger charge is -2.32. The van der Waals surface area contributed by atoms with Crippen LogP contribution in [-0.2, 0) is 17.6 Å². The van der Waals surface area contributed by atoms with Crippen molar-refractivity contribution in [1.82, 2.24) is 15.2 Å². The molecule has 0 atom stereocenters. The summed E-state index contributed by atoms with van der Waals surface area (Å²) in [6.07, 6.45) is 8.44. The minimum absolute atomic E-state index is 0.323. The number of pyridine rings is 1. The van der Waals surface area contributed by atoms with Crippen LogP contribution in [0.3, 0.4) is 0 Å². The molecule has 3 heterocycles.